The van der Waals surface area contributed by atoms with Gasteiger partial charge in [0.15, 0.2) is 6.04 Å². The second-order valence-corrected chi connectivity index (χ2v) is 3.79. The number of hydrogen-bond acceptors (Lipinski definition) is 4. The molecule has 0 saturated heterocycles. The minimum absolute atomic E-state index is 0. The smallest absolute Gasteiger partial charge is 0.362 e. The van der Waals surface area contributed by atoms with E-state index < -0.39 is 19.8 Å². The van der Waals surface area contributed by atoms with E-state index in [9.17, 15) is 4.79 Å². The molecular weight excluding hydrogens is 257 g/mol. The second-order valence-electron chi connectivity index (χ2n) is 2.81. The van der Waals surface area contributed by atoms with Gasteiger partial charge >= 0.3 is 5.97 Å². The molecule has 0 aromatic carbocycles. The van der Waals surface area contributed by atoms with Crippen LogP contribution in [-0.2, 0) is 15.8 Å². The van der Waals surface area contributed by atoms with E-state index in [1.165, 1.54) is 6.33 Å². The molecule has 0 radical (unpaired) electrons. The van der Waals surface area contributed by atoms with Crippen LogP contribution in [0.4, 0.5) is 0 Å². The van der Waals surface area contributed by atoms with Crippen LogP contribution in [-0.4, -0.2) is 42.3 Å². The summed E-state index contributed by atoms with van der Waals surface area (Å²) in [5, 5.41) is 8.48. The summed E-state index contributed by atoms with van der Waals surface area (Å²) in [5.74, 6) is -0.889. The largest absolute Gasteiger partial charge is 0.756 e. The van der Waals surface area contributed by atoms with Crippen molar-refractivity contribution in [2.45, 2.75) is 12.5 Å². The number of carbonyl (C=O) groups is 1. The van der Waals surface area contributed by atoms with Crippen LogP contribution in [0.25, 0.3) is 0 Å². The Morgan fingerprint density at radius 1 is 1.65 bits per heavy atom. The van der Waals surface area contributed by atoms with Crippen LogP contribution in [0.1, 0.15) is 5.69 Å². The summed E-state index contributed by atoms with van der Waals surface area (Å²) >= 11 is 0. The molecule has 1 aromatic rings. The highest BCUT2D eigenvalue weighted by Gasteiger charge is 2.16. The molecule has 0 saturated carbocycles. The maximum Gasteiger partial charge on any atom is 0.362 e. The fourth-order valence-corrected chi connectivity index (χ4v) is 0.749. The van der Waals surface area contributed by atoms with Crippen molar-refractivity contribution in [2.75, 3.05) is 0 Å². The normalized spacial score (nSPS) is 11.8. The first-order chi connectivity index (χ1) is 7.20. The fraction of sp³-hybridized carbons (Fsp3) is 0.333. The average molecular weight is 271 g/mol. The number of aromatic amines is 1. The minimum Gasteiger partial charge on any atom is -0.756 e. The molecule has 0 spiro atoms. The van der Waals surface area contributed by atoms with E-state index in [2.05, 4.69) is 15.7 Å². The number of carboxylic acid groups (broad SMARTS) is 1. The van der Waals surface area contributed by atoms with Crippen molar-refractivity contribution >= 4 is 13.8 Å². The first-order valence-corrected chi connectivity index (χ1v) is 5.53. The van der Waals surface area contributed by atoms with Gasteiger partial charge in [-0.1, -0.05) is 0 Å². The van der Waals surface area contributed by atoms with Gasteiger partial charge in [-0.2, -0.15) is 0 Å². The van der Waals surface area contributed by atoms with E-state index in [4.69, 9.17) is 24.4 Å². The third kappa shape index (κ3) is 12.6. The number of quaternary nitrogens is 1. The molecule has 0 aliphatic rings. The number of nitrogens with zero attached hydrogens (tertiary/aromatic N) is 1. The van der Waals surface area contributed by atoms with E-state index in [0.717, 1.165) is 5.69 Å². The zero-order valence-corrected chi connectivity index (χ0v) is 9.50. The lowest BCUT2D eigenvalue weighted by Gasteiger charge is -2.01. The maximum atomic E-state index is 10.3. The van der Waals surface area contributed by atoms with E-state index in [1.54, 1.807) is 6.20 Å². The number of hydrogen-bond donors (Lipinski definition) is 5. The van der Waals surface area contributed by atoms with Crippen molar-refractivity contribution in [1.82, 2.24) is 9.97 Å². The second kappa shape index (κ2) is 7.90. The van der Waals surface area contributed by atoms with Crippen LogP contribution in [0, 0.1) is 0 Å². The average Bonchev–Trinajstić information content (AvgIpc) is 2.53. The molecule has 9 N–H and O–H groups in total. The summed E-state index contributed by atoms with van der Waals surface area (Å²) in [4.78, 5) is 39.8. The van der Waals surface area contributed by atoms with Gasteiger partial charge in [0.25, 0.3) is 7.82 Å². The maximum absolute atomic E-state index is 10.3. The number of imidazole rings is 1. The predicted molar refractivity (Wildman–Crippen MR) is 52.3 cm³/mol. The number of carboxylic acids is 1. The Morgan fingerprint density at radius 2 is 2.12 bits per heavy atom. The molecule has 0 amide bonds. The van der Waals surface area contributed by atoms with E-state index in [0.29, 0.717) is 6.42 Å². The molecule has 1 atom stereocenters. The first kappa shape index (κ1) is 18.1. The van der Waals surface area contributed by atoms with E-state index >= 15 is 0 Å². The van der Waals surface area contributed by atoms with Crippen molar-refractivity contribution in [3.05, 3.63) is 18.2 Å². The number of rotatable bonds is 3. The van der Waals surface area contributed by atoms with Gasteiger partial charge in [-0.15, -0.1) is 0 Å². The van der Waals surface area contributed by atoms with Crippen molar-refractivity contribution in [2.24, 2.45) is 0 Å². The summed E-state index contributed by atoms with van der Waals surface area (Å²) in [7, 11) is -4.89. The molecule has 11 heteroatoms. The molecule has 10 nitrogen and oxygen atoms in total. The zero-order valence-electron chi connectivity index (χ0n) is 8.61. The quantitative estimate of drug-likeness (QED) is 0.347. The molecule has 0 aliphatic carbocycles. The zero-order chi connectivity index (χ0) is 12.8. The lowest BCUT2D eigenvalue weighted by atomic mass is 10.2. The Hall–Kier alpha value is -1.29. The van der Waals surface area contributed by atoms with Crippen molar-refractivity contribution in [3.63, 3.8) is 0 Å². The first-order valence-electron chi connectivity index (χ1n) is 4.00. The molecule has 1 aromatic heterocycles. The fourth-order valence-electron chi connectivity index (χ4n) is 0.749. The van der Waals surface area contributed by atoms with Crippen LogP contribution < -0.4 is 10.6 Å². The Labute approximate surface area is 95.7 Å². The molecular formula is C6H14N3O7P. The minimum atomic E-state index is -4.89. The summed E-state index contributed by atoms with van der Waals surface area (Å²) in [6.45, 7) is 0. The van der Waals surface area contributed by atoms with Crippen LogP contribution >= 0.6 is 7.82 Å². The van der Waals surface area contributed by atoms with Gasteiger partial charge in [0, 0.05) is 11.9 Å². The Balaban J connectivity index is 0. The molecule has 0 unspecified atom stereocenters. The molecule has 17 heavy (non-hydrogen) atoms. The van der Waals surface area contributed by atoms with Crippen LogP contribution in [0.3, 0.4) is 0 Å². The van der Waals surface area contributed by atoms with Gasteiger partial charge in [-0.05, 0) is 0 Å². The summed E-state index contributed by atoms with van der Waals surface area (Å²) < 4.78 is 8.77. The van der Waals surface area contributed by atoms with Gasteiger partial charge in [-0.25, -0.2) is 9.78 Å². The van der Waals surface area contributed by atoms with Gasteiger partial charge in [0.1, 0.15) is 0 Å². The molecule has 1 heterocycles. The number of phosphoric acid groups is 1. The lowest BCUT2D eigenvalue weighted by Crippen LogP contribution is -2.66. The molecule has 1 rings (SSSR count). The summed E-state index contributed by atoms with van der Waals surface area (Å²) in [5.41, 5.74) is 4.26. The number of aromatic nitrogens is 2. The number of nitrogens with one attached hydrogen (secondary N) is 1. The van der Waals surface area contributed by atoms with Crippen LogP contribution in [0.15, 0.2) is 12.5 Å². The third-order valence-corrected chi connectivity index (χ3v) is 1.37. The standard InChI is InChI=1S/C6H9N3O2.H3O4P.H2O/c7-5(6(10)11)1-4-2-8-3-9-4;1-5(2,3)4;/h2-3,5H,1,7H2,(H,8,9)(H,10,11);(H3,1,2,3,4);1H2/t5-;;/m0../s1. The van der Waals surface area contributed by atoms with Crippen LogP contribution in [0.5, 0.6) is 0 Å². The molecule has 0 aliphatic heterocycles. The highest BCUT2D eigenvalue weighted by atomic mass is 31.2. The predicted octanol–water partition coefficient (Wildman–Crippen LogP) is -3.74. The van der Waals surface area contributed by atoms with Crippen molar-refractivity contribution < 1.29 is 40.4 Å². The lowest BCUT2D eigenvalue weighted by molar-refractivity contribution is -0.407. The van der Waals surface area contributed by atoms with Gasteiger partial charge in [-0.3, -0.25) is 4.57 Å². The summed E-state index contributed by atoms with van der Waals surface area (Å²) in [6.07, 6.45) is 3.51. The van der Waals surface area contributed by atoms with E-state index in [1.807, 2.05) is 0 Å². The van der Waals surface area contributed by atoms with E-state index in [-0.39, 0.29) is 5.48 Å². The van der Waals surface area contributed by atoms with Crippen molar-refractivity contribution in [1.29, 1.82) is 0 Å². The topological polar surface area (TPSA) is 206 Å². The molecule has 0 bridgehead atoms. The highest BCUT2D eigenvalue weighted by molar-refractivity contribution is 7.43. The Kier molecular flexibility index (Phi) is 8.40. The van der Waals surface area contributed by atoms with Gasteiger partial charge in [0.05, 0.1) is 12.7 Å². The van der Waals surface area contributed by atoms with Crippen molar-refractivity contribution in [3.8, 4) is 0 Å². The number of H-pyrrole nitrogens is 1. The van der Waals surface area contributed by atoms with Crippen LogP contribution in [0.2, 0.25) is 0 Å². The van der Waals surface area contributed by atoms with Gasteiger partial charge < -0.3 is 36.0 Å². The Morgan fingerprint density at radius 3 is 2.41 bits per heavy atom. The Bertz CT molecular complexity index is 353. The highest BCUT2D eigenvalue weighted by Crippen LogP contribution is 2.18. The molecule has 100 valence electrons. The van der Waals surface area contributed by atoms with Gasteiger partial charge in [0.2, 0.25) is 0 Å². The summed E-state index contributed by atoms with van der Waals surface area (Å²) in [6, 6.07) is -0.601. The number of aliphatic carboxylic acids is 1. The molecule has 0 fully saturated rings. The third-order valence-electron chi connectivity index (χ3n) is 1.37. The monoisotopic (exact) mass is 271 g/mol. The SMILES string of the molecule is O.O=P([O-])(O)O.[NH3+][C@@H](Cc1cnc[nH]1)C(=O)O.